The minimum absolute atomic E-state index is 0.0843. The molecule has 0 fully saturated rings. The molecule has 0 amide bonds. The standard InChI is InChI=1S/C23H35O5P/c1-8-26-29(25,27-9-2)15-11-10-12-18(3)13-14-22-19(4)16-21(28-20(5)24)17-23(22,6)7/h10-12,21H,8-9,15-17H2,1-7H3/b11-10+,18-12+/t21-/m1/s1. The Labute approximate surface area is 176 Å². The van der Waals surface area contributed by atoms with E-state index in [2.05, 4.69) is 32.6 Å². The number of rotatable bonds is 8. The molecule has 0 heterocycles. The summed E-state index contributed by atoms with van der Waals surface area (Å²) >= 11 is 0. The maximum absolute atomic E-state index is 12.4. The zero-order valence-electron chi connectivity index (χ0n) is 18.8. The van der Waals surface area contributed by atoms with Gasteiger partial charge in [0.1, 0.15) is 6.10 Å². The Kier molecular flexibility index (Phi) is 10.1. The molecule has 1 atom stereocenters. The van der Waals surface area contributed by atoms with Gasteiger partial charge >= 0.3 is 13.6 Å². The van der Waals surface area contributed by atoms with E-state index in [0.717, 1.165) is 29.6 Å². The average molecular weight is 423 g/mol. The van der Waals surface area contributed by atoms with E-state index in [1.54, 1.807) is 19.9 Å². The third-order valence-electron chi connectivity index (χ3n) is 4.56. The van der Waals surface area contributed by atoms with Crippen LogP contribution in [0.5, 0.6) is 0 Å². The summed E-state index contributed by atoms with van der Waals surface area (Å²) in [6, 6.07) is 0. The van der Waals surface area contributed by atoms with Crippen molar-refractivity contribution in [2.24, 2.45) is 5.41 Å². The van der Waals surface area contributed by atoms with Crippen LogP contribution < -0.4 is 0 Å². The lowest BCUT2D eigenvalue weighted by Gasteiger charge is -2.36. The van der Waals surface area contributed by atoms with Crippen LogP contribution in [0.2, 0.25) is 0 Å². The second-order valence-electron chi connectivity index (χ2n) is 7.84. The van der Waals surface area contributed by atoms with Crippen molar-refractivity contribution in [2.75, 3.05) is 19.4 Å². The van der Waals surface area contributed by atoms with Gasteiger partial charge in [-0.25, -0.2) is 0 Å². The molecule has 0 spiro atoms. The number of hydrogen-bond donors (Lipinski definition) is 0. The zero-order valence-corrected chi connectivity index (χ0v) is 19.7. The van der Waals surface area contributed by atoms with E-state index in [-0.39, 0.29) is 23.7 Å². The summed E-state index contributed by atoms with van der Waals surface area (Å²) in [6.45, 7) is 14.0. The van der Waals surface area contributed by atoms with Crippen LogP contribution in [0.4, 0.5) is 0 Å². The van der Waals surface area contributed by atoms with Crippen LogP contribution in [0.15, 0.2) is 34.9 Å². The van der Waals surface area contributed by atoms with Crippen LogP contribution in [0.3, 0.4) is 0 Å². The molecule has 5 nitrogen and oxygen atoms in total. The van der Waals surface area contributed by atoms with E-state index in [1.807, 2.05) is 19.1 Å². The Hall–Kier alpha value is -1.60. The predicted molar refractivity (Wildman–Crippen MR) is 118 cm³/mol. The first-order valence-electron chi connectivity index (χ1n) is 10.1. The normalized spacial score (nSPS) is 19.8. The molecular weight excluding hydrogens is 387 g/mol. The summed E-state index contributed by atoms with van der Waals surface area (Å²) in [6.07, 6.45) is 7.15. The number of allylic oxidation sites excluding steroid dienone is 5. The monoisotopic (exact) mass is 422 g/mol. The van der Waals surface area contributed by atoms with E-state index in [1.165, 1.54) is 6.92 Å². The van der Waals surface area contributed by atoms with Gasteiger partial charge in [0.2, 0.25) is 0 Å². The summed E-state index contributed by atoms with van der Waals surface area (Å²) < 4.78 is 28.4. The predicted octanol–water partition coefficient (Wildman–Crippen LogP) is 5.83. The highest BCUT2D eigenvalue weighted by Crippen LogP contribution is 2.47. The third kappa shape index (κ3) is 8.74. The molecule has 0 unspecified atom stereocenters. The molecule has 162 valence electrons. The van der Waals surface area contributed by atoms with E-state index in [0.29, 0.717) is 13.2 Å². The molecule has 29 heavy (non-hydrogen) atoms. The number of esters is 1. The maximum atomic E-state index is 12.4. The lowest BCUT2D eigenvalue weighted by atomic mass is 9.72. The van der Waals surface area contributed by atoms with Gasteiger partial charge in [-0.3, -0.25) is 9.36 Å². The average Bonchev–Trinajstić information content (AvgIpc) is 2.57. The highest BCUT2D eigenvalue weighted by molar-refractivity contribution is 7.54. The molecule has 6 heteroatoms. The van der Waals surface area contributed by atoms with Gasteiger partial charge in [0.25, 0.3) is 0 Å². The Bertz CT molecular complexity index is 767. The number of carbonyl (C=O) groups excluding carboxylic acids is 1. The lowest BCUT2D eigenvalue weighted by Crippen LogP contribution is -2.31. The van der Waals surface area contributed by atoms with Crippen LogP contribution in [0.25, 0.3) is 0 Å². The molecule has 0 saturated carbocycles. The van der Waals surface area contributed by atoms with Gasteiger partial charge in [0.05, 0.1) is 19.4 Å². The van der Waals surface area contributed by atoms with E-state index < -0.39 is 7.60 Å². The van der Waals surface area contributed by atoms with E-state index in [9.17, 15) is 9.36 Å². The Morgan fingerprint density at radius 3 is 2.38 bits per heavy atom. The quantitative estimate of drug-likeness (QED) is 0.213. The molecule has 0 aromatic rings. The molecule has 1 rings (SSSR count). The molecule has 0 aliphatic heterocycles. The van der Waals surface area contributed by atoms with Gasteiger partial charge in [0, 0.05) is 24.3 Å². The highest BCUT2D eigenvalue weighted by atomic mass is 31.2. The minimum atomic E-state index is -3.05. The Morgan fingerprint density at radius 2 is 1.86 bits per heavy atom. The molecular formula is C23H35O5P. The molecule has 0 aromatic carbocycles. The molecule has 0 N–H and O–H groups in total. The second kappa shape index (κ2) is 11.6. The summed E-state index contributed by atoms with van der Waals surface area (Å²) in [5.74, 6) is 6.28. The van der Waals surface area contributed by atoms with Crippen LogP contribution in [-0.2, 0) is 23.1 Å². The van der Waals surface area contributed by atoms with Crippen LogP contribution in [0.1, 0.15) is 61.3 Å². The van der Waals surface area contributed by atoms with Gasteiger partial charge in [-0.05, 0) is 39.7 Å². The molecule has 0 aromatic heterocycles. The van der Waals surface area contributed by atoms with Gasteiger partial charge in [-0.2, -0.15) is 0 Å². The largest absolute Gasteiger partial charge is 0.462 e. The van der Waals surface area contributed by atoms with Crippen LogP contribution in [0, 0.1) is 17.3 Å². The number of ether oxygens (including phenoxy) is 1. The van der Waals surface area contributed by atoms with Gasteiger partial charge in [-0.15, -0.1) is 0 Å². The van der Waals surface area contributed by atoms with Crippen molar-refractivity contribution in [2.45, 2.75) is 67.4 Å². The molecule has 1 aliphatic carbocycles. The van der Waals surface area contributed by atoms with Crippen molar-refractivity contribution < 1.29 is 23.1 Å². The summed E-state index contributed by atoms with van der Waals surface area (Å²) in [5.41, 5.74) is 3.03. The Morgan fingerprint density at radius 1 is 1.24 bits per heavy atom. The van der Waals surface area contributed by atoms with Crippen molar-refractivity contribution >= 4 is 13.6 Å². The first-order valence-corrected chi connectivity index (χ1v) is 11.9. The first kappa shape index (κ1) is 25.4. The zero-order chi connectivity index (χ0) is 22.1. The maximum Gasteiger partial charge on any atom is 0.334 e. The smallest absolute Gasteiger partial charge is 0.334 e. The van der Waals surface area contributed by atoms with Crippen molar-refractivity contribution in [1.29, 1.82) is 0 Å². The van der Waals surface area contributed by atoms with Gasteiger partial charge in [0.15, 0.2) is 0 Å². The van der Waals surface area contributed by atoms with E-state index in [4.69, 9.17) is 13.8 Å². The summed E-state index contributed by atoms with van der Waals surface area (Å²) in [7, 11) is -3.05. The summed E-state index contributed by atoms with van der Waals surface area (Å²) in [4.78, 5) is 11.3. The fraction of sp³-hybridized carbons (Fsp3) is 0.609. The van der Waals surface area contributed by atoms with Crippen molar-refractivity contribution in [1.82, 2.24) is 0 Å². The molecule has 0 radical (unpaired) electrons. The lowest BCUT2D eigenvalue weighted by molar-refractivity contribution is -0.147. The van der Waals surface area contributed by atoms with Crippen molar-refractivity contribution in [3.63, 3.8) is 0 Å². The molecule has 0 saturated heterocycles. The minimum Gasteiger partial charge on any atom is -0.462 e. The highest BCUT2D eigenvalue weighted by Gasteiger charge is 2.34. The Balaban J connectivity index is 2.85. The molecule has 1 aliphatic rings. The van der Waals surface area contributed by atoms with Crippen LogP contribution >= 0.6 is 7.60 Å². The van der Waals surface area contributed by atoms with E-state index >= 15 is 0 Å². The van der Waals surface area contributed by atoms with Crippen molar-refractivity contribution in [3.8, 4) is 11.8 Å². The number of carbonyl (C=O) groups is 1. The van der Waals surface area contributed by atoms with Gasteiger partial charge in [-0.1, -0.05) is 49.5 Å². The third-order valence-corrected chi connectivity index (χ3v) is 6.52. The number of hydrogen-bond acceptors (Lipinski definition) is 5. The SMILES string of the molecule is CCOP(=O)(C/C=C/C=C(\C)C#CC1=C(C)C[C@@H](OC(C)=O)CC1(C)C)OCC. The van der Waals surface area contributed by atoms with Gasteiger partial charge < -0.3 is 13.8 Å². The molecule has 0 bridgehead atoms. The first-order chi connectivity index (χ1) is 13.5. The topological polar surface area (TPSA) is 61.8 Å². The van der Waals surface area contributed by atoms with Crippen molar-refractivity contribution in [3.05, 3.63) is 34.9 Å². The second-order valence-corrected chi connectivity index (χ2v) is 9.94. The van der Waals surface area contributed by atoms with Crippen LogP contribution in [-0.4, -0.2) is 31.4 Å². The summed E-state index contributed by atoms with van der Waals surface area (Å²) in [5, 5.41) is 0. The fourth-order valence-electron chi connectivity index (χ4n) is 3.50. The fourth-order valence-corrected chi connectivity index (χ4v) is 4.95.